The number of hydrogen-bond donors (Lipinski definition) is 1. The number of benzene rings is 2. The van der Waals surface area contributed by atoms with Gasteiger partial charge in [0.15, 0.2) is 23.2 Å². The Balaban J connectivity index is 1.62. The van der Waals surface area contributed by atoms with Crippen LogP contribution in [0.4, 0.5) is 5.82 Å². The summed E-state index contributed by atoms with van der Waals surface area (Å²) in [5, 5.41) is 12.7. The van der Waals surface area contributed by atoms with Crippen molar-refractivity contribution in [1.29, 1.82) is 5.26 Å². The maximum absolute atomic E-state index is 13.0. The molecule has 4 rings (SSSR count). The molecule has 1 amide bonds. The third-order valence-corrected chi connectivity index (χ3v) is 5.21. The molecule has 1 N–H and O–H groups in total. The lowest BCUT2D eigenvalue weighted by Crippen LogP contribution is -2.32. The SMILES string of the molecule is CCN(CC)c1nc2ccccc2nc1C(C#N)C(=O)NCc1ccc2c(c1)OCO2. The fourth-order valence-corrected chi connectivity index (χ4v) is 3.54. The van der Waals surface area contributed by atoms with Crippen LogP contribution in [-0.2, 0) is 11.3 Å². The summed E-state index contributed by atoms with van der Waals surface area (Å²) < 4.78 is 10.7. The first-order chi connectivity index (χ1) is 15.1. The first-order valence-corrected chi connectivity index (χ1v) is 10.2. The third kappa shape index (κ3) is 4.08. The number of amides is 1. The molecular weight excluding hydrogens is 394 g/mol. The quantitative estimate of drug-likeness (QED) is 0.630. The molecule has 0 fully saturated rings. The van der Waals surface area contributed by atoms with Crippen LogP contribution in [0.3, 0.4) is 0 Å². The molecule has 8 heteroatoms. The lowest BCUT2D eigenvalue weighted by molar-refractivity contribution is -0.121. The summed E-state index contributed by atoms with van der Waals surface area (Å²) in [6.45, 7) is 5.84. The zero-order chi connectivity index (χ0) is 21.8. The van der Waals surface area contributed by atoms with Crippen molar-refractivity contribution in [3.05, 3.63) is 53.7 Å². The van der Waals surface area contributed by atoms with Gasteiger partial charge < -0.3 is 19.7 Å². The molecule has 0 aliphatic carbocycles. The van der Waals surface area contributed by atoms with Crippen molar-refractivity contribution in [3.63, 3.8) is 0 Å². The Morgan fingerprint density at radius 1 is 1.13 bits per heavy atom. The van der Waals surface area contributed by atoms with Crippen LogP contribution in [0.5, 0.6) is 11.5 Å². The topological polar surface area (TPSA) is 100 Å². The van der Waals surface area contributed by atoms with E-state index in [0.717, 1.165) is 11.1 Å². The monoisotopic (exact) mass is 417 g/mol. The minimum atomic E-state index is -1.08. The smallest absolute Gasteiger partial charge is 0.243 e. The minimum Gasteiger partial charge on any atom is -0.454 e. The average molecular weight is 417 g/mol. The zero-order valence-corrected chi connectivity index (χ0v) is 17.5. The second-order valence-corrected chi connectivity index (χ2v) is 7.06. The van der Waals surface area contributed by atoms with Crippen molar-refractivity contribution < 1.29 is 14.3 Å². The number of carbonyl (C=O) groups excluding carboxylic acids is 1. The van der Waals surface area contributed by atoms with Gasteiger partial charge in [-0.3, -0.25) is 4.79 Å². The predicted octanol–water partition coefficient (Wildman–Crippen LogP) is 3.13. The van der Waals surface area contributed by atoms with Crippen molar-refractivity contribution in [2.75, 3.05) is 24.8 Å². The summed E-state index contributed by atoms with van der Waals surface area (Å²) in [6, 6.07) is 15.1. The maximum Gasteiger partial charge on any atom is 0.243 e. The fourth-order valence-electron chi connectivity index (χ4n) is 3.54. The molecule has 158 valence electrons. The number of aromatic nitrogens is 2. The van der Waals surface area contributed by atoms with Gasteiger partial charge in [-0.2, -0.15) is 5.26 Å². The molecule has 3 aromatic rings. The molecule has 0 saturated heterocycles. The maximum atomic E-state index is 13.0. The highest BCUT2D eigenvalue weighted by atomic mass is 16.7. The summed E-state index contributed by atoms with van der Waals surface area (Å²) in [7, 11) is 0. The van der Waals surface area contributed by atoms with Crippen LogP contribution in [0.15, 0.2) is 42.5 Å². The number of fused-ring (bicyclic) bond motifs is 2. The summed E-state index contributed by atoms with van der Waals surface area (Å²) >= 11 is 0. The molecule has 1 aromatic heterocycles. The number of carbonyl (C=O) groups is 1. The molecule has 0 radical (unpaired) electrons. The van der Waals surface area contributed by atoms with E-state index in [1.165, 1.54) is 0 Å². The van der Waals surface area contributed by atoms with Crippen LogP contribution >= 0.6 is 0 Å². The largest absolute Gasteiger partial charge is 0.454 e. The van der Waals surface area contributed by atoms with Crippen LogP contribution < -0.4 is 19.7 Å². The van der Waals surface area contributed by atoms with Crippen molar-refractivity contribution in [2.24, 2.45) is 0 Å². The number of anilines is 1. The summed E-state index contributed by atoms with van der Waals surface area (Å²) in [6.07, 6.45) is 0. The van der Waals surface area contributed by atoms with Crippen molar-refractivity contribution in [1.82, 2.24) is 15.3 Å². The Kier molecular flexibility index (Phi) is 5.85. The second kappa shape index (κ2) is 8.88. The molecule has 1 unspecified atom stereocenters. The van der Waals surface area contributed by atoms with Crippen LogP contribution in [0.1, 0.15) is 31.0 Å². The molecule has 2 aromatic carbocycles. The van der Waals surface area contributed by atoms with Crippen LogP contribution in [0.25, 0.3) is 11.0 Å². The number of rotatable bonds is 7. The number of para-hydroxylation sites is 2. The highest BCUT2D eigenvalue weighted by Crippen LogP contribution is 2.32. The molecular formula is C23H23N5O3. The van der Waals surface area contributed by atoms with Gasteiger partial charge in [0.25, 0.3) is 0 Å². The van der Waals surface area contributed by atoms with Gasteiger partial charge in [-0.05, 0) is 43.7 Å². The molecule has 0 bridgehead atoms. The molecule has 1 aliphatic rings. The highest BCUT2D eigenvalue weighted by Gasteiger charge is 2.28. The van der Waals surface area contributed by atoms with Crippen LogP contribution in [0, 0.1) is 11.3 Å². The second-order valence-electron chi connectivity index (χ2n) is 7.06. The Bertz CT molecular complexity index is 1150. The molecule has 31 heavy (non-hydrogen) atoms. The molecule has 1 atom stereocenters. The van der Waals surface area contributed by atoms with Gasteiger partial charge in [0.05, 0.1) is 17.1 Å². The van der Waals surface area contributed by atoms with Gasteiger partial charge in [0, 0.05) is 19.6 Å². The Morgan fingerprint density at radius 3 is 2.55 bits per heavy atom. The Labute approximate surface area is 180 Å². The van der Waals surface area contributed by atoms with Gasteiger partial charge in [-0.1, -0.05) is 18.2 Å². The van der Waals surface area contributed by atoms with Crippen molar-refractivity contribution in [2.45, 2.75) is 26.3 Å². The molecule has 0 saturated carbocycles. The number of hydrogen-bond acceptors (Lipinski definition) is 7. The Morgan fingerprint density at radius 2 is 1.84 bits per heavy atom. The van der Waals surface area contributed by atoms with Gasteiger partial charge in [0.1, 0.15) is 5.69 Å². The molecule has 8 nitrogen and oxygen atoms in total. The lowest BCUT2D eigenvalue weighted by atomic mass is 10.0. The number of nitriles is 1. The van der Waals surface area contributed by atoms with E-state index in [2.05, 4.69) is 16.4 Å². The number of nitrogens with one attached hydrogen (secondary N) is 1. The van der Waals surface area contributed by atoms with E-state index in [4.69, 9.17) is 14.5 Å². The third-order valence-electron chi connectivity index (χ3n) is 5.21. The minimum absolute atomic E-state index is 0.191. The van der Waals surface area contributed by atoms with Crippen molar-refractivity contribution in [3.8, 4) is 17.6 Å². The lowest BCUT2D eigenvalue weighted by Gasteiger charge is -2.24. The van der Waals surface area contributed by atoms with Gasteiger partial charge in [0.2, 0.25) is 12.7 Å². The van der Waals surface area contributed by atoms with E-state index in [0.29, 0.717) is 41.6 Å². The van der Waals surface area contributed by atoms with Crippen LogP contribution in [0.2, 0.25) is 0 Å². The van der Waals surface area contributed by atoms with Gasteiger partial charge in [-0.15, -0.1) is 0 Å². The van der Waals surface area contributed by atoms with E-state index in [1.807, 2.05) is 55.1 Å². The standard InChI is InChI=1S/C23H23N5O3/c1-3-28(4-2)22-21(26-17-7-5-6-8-18(17)27-22)16(12-24)23(29)25-13-15-9-10-19-20(11-15)31-14-30-19/h5-11,16H,3-4,13-14H2,1-2H3,(H,25,29). The fraction of sp³-hybridized carbons (Fsp3) is 0.304. The first-order valence-electron chi connectivity index (χ1n) is 10.2. The van der Waals surface area contributed by atoms with Crippen molar-refractivity contribution >= 4 is 22.8 Å². The molecule has 2 heterocycles. The molecule has 0 spiro atoms. The van der Waals surface area contributed by atoms with E-state index in [1.54, 1.807) is 6.07 Å². The predicted molar refractivity (Wildman–Crippen MR) is 116 cm³/mol. The van der Waals surface area contributed by atoms with Crippen LogP contribution in [-0.4, -0.2) is 35.8 Å². The average Bonchev–Trinajstić information content (AvgIpc) is 3.27. The van der Waals surface area contributed by atoms with Gasteiger partial charge >= 0.3 is 0 Å². The molecule has 1 aliphatic heterocycles. The first kappa shape index (κ1) is 20.4. The normalized spacial score (nSPS) is 12.9. The zero-order valence-electron chi connectivity index (χ0n) is 17.5. The summed E-state index contributed by atoms with van der Waals surface area (Å²) in [4.78, 5) is 24.4. The van der Waals surface area contributed by atoms with E-state index >= 15 is 0 Å². The van der Waals surface area contributed by atoms with E-state index in [9.17, 15) is 10.1 Å². The Hall–Kier alpha value is -3.86. The van der Waals surface area contributed by atoms with E-state index < -0.39 is 11.8 Å². The highest BCUT2D eigenvalue weighted by molar-refractivity contribution is 5.88. The number of nitrogens with zero attached hydrogens (tertiary/aromatic N) is 4. The van der Waals surface area contributed by atoms with E-state index in [-0.39, 0.29) is 13.3 Å². The van der Waals surface area contributed by atoms with Gasteiger partial charge in [-0.25, -0.2) is 9.97 Å². The summed E-state index contributed by atoms with van der Waals surface area (Å²) in [5.74, 6) is 0.390. The summed E-state index contributed by atoms with van der Waals surface area (Å²) in [5.41, 5.74) is 2.60. The number of ether oxygens (including phenoxy) is 2.